The molecule has 0 atom stereocenters. The molecule has 1 aromatic heterocycles. The Bertz CT molecular complexity index is 639. The van der Waals surface area contributed by atoms with Crippen LogP contribution in [-0.4, -0.2) is 0 Å². The molecule has 18 heavy (non-hydrogen) atoms. The Morgan fingerprint density at radius 3 is 1.89 bits per heavy atom. The second kappa shape index (κ2) is 5.01. The van der Waals surface area contributed by atoms with Gasteiger partial charge in [-0.1, -0.05) is 60.7 Å². The topological polar surface area (TPSA) is 0 Å². The minimum atomic E-state index is 1.07. The average Bonchev–Trinajstić information content (AvgIpc) is 2.83. The van der Waals surface area contributed by atoms with E-state index in [0.29, 0.717) is 0 Å². The van der Waals surface area contributed by atoms with Gasteiger partial charge in [-0.25, -0.2) is 0 Å². The molecule has 3 aromatic rings. The Labute approximate surface area is 116 Å². The number of thiol groups is 1. The van der Waals surface area contributed by atoms with Crippen molar-refractivity contribution >= 4 is 24.0 Å². The summed E-state index contributed by atoms with van der Waals surface area (Å²) in [5, 5.41) is 2.18. The lowest BCUT2D eigenvalue weighted by atomic mass is 9.99. The first-order valence-electron chi connectivity index (χ1n) is 5.77. The second-order valence-electron chi connectivity index (χ2n) is 4.06. The molecule has 0 aliphatic heterocycles. The van der Waals surface area contributed by atoms with E-state index in [1.807, 2.05) is 12.1 Å². The highest BCUT2D eigenvalue weighted by molar-refractivity contribution is 7.83. The molecular formula is C16H12S2. The molecule has 3 rings (SSSR count). The predicted octanol–water partition coefficient (Wildman–Crippen LogP) is 5.37. The molecule has 2 heteroatoms. The van der Waals surface area contributed by atoms with Crippen LogP contribution >= 0.6 is 24.0 Å². The van der Waals surface area contributed by atoms with Crippen molar-refractivity contribution in [2.75, 3.05) is 0 Å². The van der Waals surface area contributed by atoms with Gasteiger partial charge in [0.25, 0.3) is 0 Å². The van der Waals surface area contributed by atoms with Crippen LogP contribution in [0.15, 0.2) is 70.3 Å². The van der Waals surface area contributed by atoms with Crippen LogP contribution in [0.3, 0.4) is 0 Å². The van der Waals surface area contributed by atoms with Gasteiger partial charge in [0.05, 0.1) is 4.21 Å². The third-order valence-electron chi connectivity index (χ3n) is 2.92. The molecule has 0 spiro atoms. The molecule has 0 unspecified atom stereocenters. The average molecular weight is 268 g/mol. The molecule has 2 aromatic carbocycles. The van der Waals surface area contributed by atoms with E-state index in [2.05, 4.69) is 66.5 Å². The quantitative estimate of drug-likeness (QED) is 0.593. The van der Waals surface area contributed by atoms with Gasteiger partial charge in [0.15, 0.2) is 0 Å². The van der Waals surface area contributed by atoms with Gasteiger partial charge < -0.3 is 0 Å². The van der Waals surface area contributed by atoms with E-state index in [4.69, 9.17) is 0 Å². The van der Waals surface area contributed by atoms with Gasteiger partial charge in [-0.05, 0) is 11.1 Å². The van der Waals surface area contributed by atoms with Gasteiger partial charge in [0, 0.05) is 16.5 Å². The molecule has 1 heterocycles. The summed E-state index contributed by atoms with van der Waals surface area (Å²) >= 11 is 6.28. The zero-order valence-electron chi connectivity index (χ0n) is 9.71. The Kier molecular flexibility index (Phi) is 3.22. The maximum absolute atomic E-state index is 4.60. The van der Waals surface area contributed by atoms with E-state index < -0.39 is 0 Å². The highest BCUT2D eigenvalue weighted by atomic mass is 32.2. The molecule has 0 aliphatic rings. The van der Waals surface area contributed by atoms with Gasteiger partial charge in [-0.2, -0.15) is 0 Å². The summed E-state index contributed by atoms with van der Waals surface area (Å²) in [5.41, 5.74) is 4.96. The SMILES string of the molecule is Sc1scc(-c2ccccc2)c1-c1ccccc1. The van der Waals surface area contributed by atoms with Gasteiger partial charge in [0.1, 0.15) is 0 Å². The van der Waals surface area contributed by atoms with Crippen molar-refractivity contribution < 1.29 is 0 Å². The minimum Gasteiger partial charge on any atom is -0.136 e. The third kappa shape index (κ3) is 2.09. The van der Waals surface area contributed by atoms with Crippen LogP contribution in [0, 0.1) is 0 Å². The molecule has 0 N–H and O–H groups in total. The Morgan fingerprint density at radius 1 is 0.722 bits per heavy atom. The van der Waals surface area contributed by atoms with Gasteiger partial charge >= 0.3 is 0 Å². The van der Waals surface area contributed by atoms with E-state index in [9.17, 15) is 0 Å². The summed E-state index contributed by atoms with van der Waals surface area (Å²) < 4.78 is 1.07. The molecule has 0 bridgehead atoms. The van der Waals surface area contributed by atoms with Gasteiger partial charge in [0.2, 0.25) is 0 Å². The van der Waals surface area contributed by atoms with Crippen LogP contribution in [0.1, 0.15) is 0 Å². The smallest absolute Gasteiger partial charge is 0.0653 e. The maximum Gasteiger partial charge on any atom is 0.0653 e. The summed E-state index contributed by atoms with van der Waals surface area (Å²) in [4.78, 5) is 0. The van der Waals surface area contributed by atoms with Crippen LogP contribution in [0.2, 0.25) is 0 Å². The highest BCUT2D eigenvalue weighted by Crippen LogP contribution is 2.40. The summed E-state index contributed by atoms with van der Waals surface area (Å²) in [5.74, 6) is 0. The normalized spacial score (nSPS) is 10.5. The fourth-order valence-electron chi connectivity index (χ4n) is 2.06. The summed E-state index contributed by atoms with van der Waals surface area (Å²) in [6.07, 6.45) is 0. The van der Waals surface area contributed by atoms with E-state index in [1.165, 1.54) is 22.3 Å². The first-order valence-corrected chi connectivity index (χ1v) is 7.10. The number of thiophene rings is 1. The summed E-state index contributed by atoms with van der Waals surface area (Å²) in [6.45, 7) is 0. The maximum atomic E-state index is 4.60. The molecule has 0 aliphatic carbocycles. The van der Waals surface area contributed by atoms with Crippen molar-refractivity contribution in [3.63, 3.8) is 0 Å². The van der Waals surface area contributed by atoms with Crippen molar-refractivity contribution in [2.24, 2.45) is 0 Å². The number of hydrogen-bond donors (Lipinski definition) is 1. The number of hydrogen-bond acceptors (Lipinski definition) is 2. The lowest BCUT2D eigenvalue weighted by Gasteiger charge is -2.05. The monoisotopic (exact) mass is 268 g/mol. The van der Waals surface area contributed by atoms with Crippen molar-refractivity contribution in [3.8, 4) is 22.3 Å². The zero-order valence-corrected chi connectivity index (χ0v) is 11.4. The van der Waals surface area contributed by atoms with Gasteiger partial charge in [-0.15, -0.1) is 24.0 Å². The standard InChI is InChI=1S/C16H12S2/c17-16-15(13-9-5-2-6-10-13)14(11-18-16)12-7-3-1-4-8-12/h1-11,17H. The van der Waals surface area contributed by atoms with Crippen molar-refractivity contribution in [2.45, 2.75) is 4.21 Å². The van der Waals surface area contributed by atoms with Crippen LogP contribution < -0.4 is 0 Å². The first kappa shape index (κ1) is 11.6. The van der Waals surface area contributed by atoms with Crippen LogP contribution in [-0.2, 0) is 0 Å². The van der Waals surface area contributed by atoms with E-state index in [1.54, 1.807) is 11.3 Å². The van der Waals surface area contributed by atoms with E-state index in [-0.39, 0.29) is 0 Å². The first-order chi connectivity index (χ1) is 8.86. The van der Waals surface area contributed by atoms with Crippen molar-refractivity contribution in [1.82, 2.24) is 0 Å². The van der Waals surface area contributed by atoms with E-state index in [0.717, 1.165) is 4.21 Å². The Morgan fingerprint density at radius 2 is 1.28 bits per heavy atom. The molecular weight excluding hydrogens is 256 g/mol. The van der Waals surface area contributed by atoms with Crippen LogP contribution in [0.4, 0.5) is 0 Å². The minimum absolute atomic E-state index is 1.07. The van der Waals surface area contributed by atoms with Crippen LogP contribution in [0.5, 0.6) is 0 Å². The largest absolute Gasteiger partial charge is 0.136 e. The van der Waals surface area contributed by atoms with E-state index >= 15 is 0 Å². The second-order valence-corrected chi connectivity index (χ2v) is 5.69. The predicted molar refractivity (Wildman–Crippen MR) is 82.4 cm³/mol. The fourth-order valence-corrected chi connectivity index (χ4v) is 3.30. The van der Waals surface area contributed by atoms with Gasteiger partial charge in [-0.3, -0.25) is 0 Å². The molecule has 0 nitrogen and oxygen atoms in total. The fraction of sp³-hybridized carbons (Fsp3) is 0. The number of benzene rings is 2. The molecule has 0 saturated carbocycles. The third-order valence-corrected chi connectivity index (χ3v) is 4.24. The summed E-state index contributed by atoms with van der Waals surface area (Å²) in [6, 6.07) is 20.9. The zero-order chi connectivity index (χ0) is 12.4. The molecule has 0 saturated heterocycles. The summed E-state index contributed by atoms with van der Waals surface area (Å²) in [7, 11) is 0. The molecule has 88 valence electrons. The molecule has 0 radical (unpaired) electrons. The lowest BCUT2D eigenvalue weighted by Crippen LogP contribution is -1.80. The Hall–Kier alpha value is -1.51. The number of rotatable bonds is 2. The van der Waals surface area contributed by atoms with Crippen LogP contribution in [0.25, 0.3) is 22.3 Å². The lowest BCUT2D eigenvalue weighted by molar-refractivity contribution is 1.59. The highest BCUT2D eigenvalue weighted by Gasteiger charge is 2.12. The Balaban J connectivity index is 2.19. The van der Waals surface area contributed by atoms with Crippen molar-refractivity contribution in [3.05, 3.63) is 66.0 Å². The molecule has 0 fully saturated rings. The molecule has 0 amide bonds. The van der Waals surface area contributed by atoms with Crippen molar-refractivity contribution in [1.29, 1.82) is 0 Å².